The third-order valence-electron chi connectivity index (χ3n) is 3.69. The molecule has 1 heterocycles. The number of halogens is 2. The Morgan fingerprint density at radius 2 is 2.10 bits per heavy atom. The average molecular weight is 312 g/mol. The maximum Gasteiger partial charge on any atom is 0.244 e. The molecule has 0 saturated carbocycles. The van der Waals surface area contributed by atoms with E-state index in [1.54, 1.807) is 4.90 Å². The van der Waals surface area contributed by atoms with E-state index >= 15 is 0 Å². The number of allylic oxidation sites excluding steroid dienone is 1. The molecule has 4 heteroatoms. The van der Waals surface area contributed by atoms with E-state index in [1.165, 1.54) is 0 Å². The van der Waals surface area contributed by atoms with Crippen molar-refractivity contribution in [3.8, 4) is 0 Å². The standard InChI is InChI=1S/C16H19Cl2NO/c1-12(2)8-16(18)14(9-17)11-19(15(16)20)10-13-6-4-3-5-7-13/h3-7,14H,1,8-11H2,2H3/t14-,16-/m0/s1. The van der Waals surface area contributed by atoms with Gasteiger partial charge in [0.1, 0.15) is 4.87 Å². The number of benzene rings is 1. The van der Waals surface area contributed by atoms with Gasteiger partial charge in [0.15, 0.2) is 0 Å². The normalized spacial score (nSPS) is 26.1. The molecular weight excluding hydrogens is 293 g/mol. The van der Waals surface area contributed by atoms with Crippen LogP contribution in [0.2, 0.25) is 0 Å². The summed E-state index contributed by atoms with van der Waals surface area (Å²) in [7, 11) is 0. The van der Waals surface area contributed by atoms with Crippen molar-refractivity contribution in [1.29, 1.82) is 0 Å². The van der Waals surface area contributed by atoms with Gasteiger partial charge in [-0.2, -0.15) is 0 Å². The second-order valence-corrected chi connectivity index (χ2v) is 6.50. The Hall–Kier alpha value is -0.990. The number of carbonyl (C=O) groups is 1. The molecule has 1 aliphatic heterocycles. The summed E-state index contributed by atoms with van der Waals surface area (Å²) >= 11 is 12.6. The van der Waals surface area contributed by atoms with Gasteiger partial charge in [-0.1, -0.05) is 35.9 Å². The molecule has 2 nitrogen and oxygen atoms in total. The zero-order valence-corrected chi connectivity index (χ0v) is 13.1. The highest BCUT2D eigenvalue weighted by atomic mass is 35.5. The van der Waals surface area contributed by atoms with E-state index in [1.807, 2.05) is 37.3 Å². The third kappa shape index (κ3) is 3.02. The van der Waals surface area contributed by atoms with Crippen LogP contribution in [0.5, 0.6) is 0 Å². The summed E-state index contributed by atoms with van der Waals surface area (Å²) in [5.41, 5.74) is 2.01. The zero-order chi connectivity index (χ0) is 14.8. The van der Waals surface area contributed by atoms with Crippen LogP contribution in [0.3, 0.4) is 0 Å². The van der Waals surface area contributed by atoms with E-state index in [-0.39, 0.29) is 11.8 Å². The summed E-state index contributed by atoms with van der Waals surface area (Å²) < 4.78 is 0. The maximum absolute atomic E-state index is 12.6. The summed E-state index contributed by atoms with van der Waals surface area (Å²) in [5, 5.41) is 0. The number of hydrogen-bond donors (Lipinski definition) is 0. The highest BCUT2D eigenvalue weighted by molar-refractivity contribution is 6.36. The van der Waals surface area contributed by atoms with Crippen LogP contribution in [0, 0.1) is 5.92 Å². The molecule has 2 atom stereocenters. The third-order valence-corrected chi connectivity index (χ3v) is 4.67. The van der Waals surface area contributed by atoms with Gasteiger partial charge in [0.2, 0.25) is 5.91 Å². The molecule has 0 aliphatic carbocycles. The number of rotatable bonds is 5. The van der Waals surface area contributed by atoms with E-state index < -0.39 is 4.87 Å². The van der Waals surface area contributed by atoms with E-state index in [0.717, 1.165) is 11.1 Å². The predicted octanol–water partition coefficient (Wildman–Crippen LogP) is 3.83. The van der Waals surface area contributed by atoms with Gasteiger partial charge in [-0.3, -0.25) is 4.79 Å². The van der Waals surface area contributed by atoms with E-state index in [2.05, 4.69) is 6.58 Å². The highest BCUT2D eigenvalue weighted by Gasteiger charge is 2.52. The SMILES string of the molecule is C=C(C)C[C@@]1(Cl)C(=O)N(Cc2ccccc2)C[C@@H]1CCl. The number of amides is 1. The largest absolute Gasteiger partial charge is 0.336 e. The first-order valence-electron chi connectivity index (χ1n) is 6.70. The summed E-state index contributed by atoms with van der Waals surface area (Å²) in [5.74, 6) is 0.309. The zero-order valence-electron chi connectivity index (χ0n) is 11.6. The molecule has 0 spiro atoms. The van der Waals surface area contributed by atoms with Crippen molar-refractivity contribution < 1.29 is 4.79 Å². The fourth-order valence-electron chi connectivity index (χ4n) is 2.70. The molecular formula is C16H19Cl2NO. The van der Waals surface area contributed by atoms with Gasteiger partial charge in [0.25, 0.3) is 0 Å². The van der Waals surface area contributed by atoms with Crippen LogP contribution < -0.4 is 0 Å². The quantitative estimate of drug-likeness (QED) is 0.598. The lowest BCUT2D eigenvalue weighted by Gasteiger charge is -2.25. The average Bonchev–Trinajstić information content (AvgIpc) is 2.63. The lowest BCUT2D eigenvalue weighted by molar-refractivity contribution is -0.130. The predicted molar refractivity (Wildman–Crippen MR) is 84.1 cm³/mol. The van der Waals surface area contributed by atoms with Crippen molar-refractivity contribution >= 4 is 29.1 Å². The van der Waals surface area contributed by atoms with E-state index in [4.69, 9.17) is 23.2 Å². The Labute approximate surface area is 130 Å². The topological polar surface area (TPSA) is 20.3 Å². The lowest BCUT2D eigenvalue weighted by Crippen LogP contribution is -2.38. The first-order chi connectivity index (χ1) is 9.47. The van der Waals surface area contributed by atoms with E-state index in [9.17, 15) is 4.79 Å². The van der Waals surface area contributed by atoms with Crippen molar-refractivity contribution in [3.63, 3.8) is 0 Å². The number of likely N-dealkylation sites (tertiary alicyclic amines) is 1. The van der Waals surface area contributed by atoms with Crippen LogP contribution in [-0.2, 0) is 11.3 Å². The van der Waals surface area contributed by atoms with Crippen molar-refractivity contribution in [2.24, 2.45) is 5.92 Å². The molecule has 1 aliphatic rings. The number of carbonyl (C=O) groups excluding carboxylic acids is 1. The smallest absolute Gasteiger partial charge is 0.244 e. The minimum atomic E-state index is -0.928. The molecule has 1 aromatic rings. The highest BCUT2D eigenvalue weighted by Crippen LogP contribution is 2.41. The minimum Gasteiger partial charge on any atom is -0.336 e. The molecule has 0 aromatic heterocycles. The molecule has 108 valence electrons. The molecule has 1 amide bonds. The van der Waals surface area contributed by atoms with Crippen LogP contribution in [0.25, 0.3) is 0 Å². The van der Waals surface area contributed by atoms with E-state index in [0.29, 0.717) is 25.4 Å². The Balaban J connectivity index is 2.18. The lowest BCUT2D eigenvalue weighted by atomic mass is 9.90. The van der Waals surface area contributed by atoms with Gasteiger partial charge in [0.05, 0.1) is 0 Å². The number of alkyl halides is 2. The summed E-state index contributed by atoms with van der Waals surface area (Å²) in [6.07, 6.45) is 0.482. The molecule has 0 unspecified atom stereocenters. The molecule has 0 radical (unpaired) electrons. The first kappa shape index (κ1) is 15.4. The fraction of sp³-hybridized carbons (Fsp3) is 0.438. The molecule has 1 aromatic carbocycles. The Morgan fingerprint density at radius 3 is 2.65 bits per heavy atom. The van der Waals surface area contributed by atoms with Gasteiger partial charge in [-0.25, -0.2) is 0 Å². The molecule has 1 fully saturated rings. The van der Waals surface area contributed by atoms with Crippen LogP contribution in [-0.4, -0.2) is 28.1 Å². The molecule has 2 rings (SSSR count). The monoisotopic (exact) mass is 311 g/mol. The Kier molecular flexibility index (Phi) is 4.77. The van der Waals surface area contributed by atoms with Crippen LogP contribution in [0.15, 0.2) is 42.5 Å². The number of nitrogens with zero attached hydrogens (tertiary/aromatic N) is 1. The minimum absolute atomic E-state index is 0.0309. The second-order valence-electron chi connectivity index (χ2n) is 5.52. The van der Waals surface area contributed by atoms with Gasteiger partial charge in [-0.15, -0.1) is 29.8 Å². The van der Waals surface area contributed by atoms with Crippen LogP contribution in [0.1, 0.15) is 18.9 Å². The molecule has 0 N–H and O–H groups in total. The summed E-state index contributed by atoms with van der Waals surface area (Å²) in [4.78, 5) is 13.5. The van der Waals surface area contributed by atoms with Crippen LogP contribution in [0.4, 0.5) is 0 Å². The first-order valence-corrected chi connectivity index (χ1v) is 7.61. The van der Waals surface area contributed by atoms with Crippen molar-refractivity contribution in [2.75, 3.05) is 12.4 Å². The van der Waals surface area contributed by atoms with Gasteiger partial charge in [-0.05, 0) is 18.9 Å². The number of hydrogen-bond acceptors (Lipinski definition) is 1. The molecule has 1 saturated heterocycles. The van der Waals surface area contributed by atoms with Gasteiger partial charge in [0, 0.05) is 24.9 Å². The fourth-order valence-corrected chi connectivity index (χ4v) is 3.64. The maximum atomic E-state index is 12.6. The summed E-state index contributed by atoms with van der Waals surface area (Å²) in [6.45, 7) is 6.96. The van der Waals surface area contributed by atoms with Crippen molar-refractivity contribution in [1.82, 2.24) is 4.90 Å². The Bertz CT molecular complexity index is 502. The second kappa shape index (κ2) is 6.19. The van der Waals surface area contributed by atoms with Crippen molar-refractivity contribution in [3.05, 3.63) is 48.0 Å². The van der Waals surface area contributed by atoms with Gasteiger partial charge < -0.3 is 4.90 Å². The van der Waals surface area contributed by atoms with Gasteiger partial charge >= 0.3 is 0 Å². The Morgan fingerprint density at radius 1 is 1.45 bits per heavy atom. The summed E-state index contributed by atoms with van der Waals surface area (Å²) in [6, 6.07) is 9.92. The van der Waals surface area contributed by atoms with Crippen LogP contribution >= 0.6 is 23.2 Å². The van der Waals surface area contributed by atoms with Crippen molar-refractivity contribution in [2.45, 2.75) is 24.8 Å². The molecule has 0 bridgehead atoms. The molecule has 20 heavy (non-hydrogen) atoms.